The topological polar surface area (TPSA) is 26.3 Å². The van der Waals surface area contributed by atoms with Gasteiger partial charge in [-0.2, -0.15) is 0 Å². The SMILES string of the molecule is Cc1ccccc1CCC(OC(=O)c1ccccc1)C(C)C. The zero-order valence-electron chi connectivity index (χ0n) is 13.6. The molecule has 0 radical (unpaired) electrons. The molecule has 2 aromatic rings. The van der Waals surface area contributed by atoms with Gasteiger partial charge in [0, 0.05) is 0 Å². The molecular formula is C20H24O2. The molecule has 0 heterocycles. The second kappa shape index (κ2) is 7.79. The van der Waals surface area contributed by atoms with Gasteiger partial charge in [0.25, 0.3) is 0 Å². The predicted molar refractivity (Wildman–Crippen MR) is 90.0 cm³/mol. The highest BCUT2D eigenvalue weighted by Gasteiger charge is 2.19. The lowest BCUT2D eigenvalue weighted by Gasteiger charge is -2.22. The van der Waals surface area contributed by atoms with Crippen molar-refractivity contribution in [3.8, 4) is 0 Å². The number of rotatable bonds is 6. The van der Waals surface area contributed by atoms with Gasteiger partial charge in [0.1, 0.15) is 6.10 Å². The summed E-state index contributed by atoms with van der Waals surface area (Å²) in [7, 11) is 0. The number of esters is 1. The van der Waals surface area contributed by atoms with Crippen LogP contribution in [0, 0.1) is 12.8 Å². The van der Waals surface area contributed by atoms with E-state index in [-0.39, 0.29) is 12.1 Å². The van der Waals surface area contributed by atoms with Crippen molar-refractivity contribution in [1.29, 1.82) is 0 Å². The highest BCUT2D eigenvalue weighted by molar-refractivity contribution is 5.89. The summed E-state index contributed by atoms with van der Waals surface area (Å²) < 4.78 is 5.72. The number of benzene rings is 2. The van der Waals surface area contributed by atoms with E-state index in [4.69, 9.17) is 4.74 Å². The first-order chi connectivity index (χ1) is 10.6. The average molecular weight is 296 g/mol. The summed E-state index contributed by atoms with van der Waals surface area (Å²) in [5, 5.41) is 0. The monoisotopic (exact) mass is 296 g/mol. The largest absolute Gasteiger partial charge is 0.458 e. The molecule has 2 nitrogen and oxygen atoms in total. The molecule has 0 aliphatic carbocycles. The van der Waals surface area contributed by atoms with Crippen LogP contribution in [0.1, 0.15) is 41.8 Å². The number of carbonyl (C=O) groups is 1. The fourth-order valence-electron chi connectivity index (χ4n) is 2.50. The standard InChI is InChI=1S/C20H24O2/c1-15(2)19(14-13-17-10-8-7-9-16(17)3)22-20(21)18-11-5-4-6-12-18/h4-12,15,19H,13-14H2,1-3H3. The van der Waals surface area contributed by atoms with Gasteiger partial charge in [-0.05, 0) is 48.9 Å². The molecule has 1 atom stereocenters. The van der Waals surface area contributed by atoms with E-state index < -0.39 is 0 Å². The normalized spacial score (nSPS) is 12.2. The summed E-state index contributed by atoms with van der Waals surface area (Å²) >= 11 is 0. The number of hydrogen-bond donors (Lipinski definition) is 0. The van der Waals surface area contributed by atoms with Gasteiger partial charge in [-0.1, -0.05) is 56.3 Å². The molecule has 0 saturated carbocycles. The quantitative estimate of drug-likeness (QED) is 0.715. The summed E-state index contributed by atoms with van der Waals surface area (Å²) in [5.74, 6) is 0.0702. The van der Waals surface area contributed by atoms with Gasteiger partial charge in [-0.3, -0.25) is 0 Å². The molecule has 2 rings (SSSR count). The molecule has 0 aliphatic rings. The third-order valence-electron chi connectivity index (χ3n) is 3.97. The third kappa shape index (κ3) is 4.45. The Morgan fingerprint density at radius 2 is 1.64 bits per heavy atom. The Labute approximate surface area is 133 Å². The molecule has 22 heavy (non-hydrogen) atoms. The van der Waals surface area contributed by atoms with E-state index in [0.29, 0.717) is 11.5 Å². The highest BCUT2D eigenvalue weighted by atomic mass is 16.5. The van der Waals surface area contributed by atoms with Gasteiger partial charge < -0.3 is 4.74 Å². The number of ether oxygens (including phenoxy) is 1. The van der Waals surface area contributed by atoms with Crippen molar-refractivity contribution in [3.63, 3.8) is 0 Å². The maximum absolute atomic E-state index is 12.2. The van der Waals surface area contributed by atoms with Crippen LogP contribution in [0.5, 0.6) is 0 Å². The Bertz CT molecular complexity index is 602. The first-order valence-corrected chi connectivity index (χ1v) is 7.88. The van der Waals surface area contributed by atoms with Crippen LogP contribution in [0.15, 0.2) is 54.6 Å². The molecule has 2 heteroatoms. The van der Waals surface area contributed by atoms with Crippen LogP contribution in [0.25, 0.3) is 0 Å². The van der Waals surface area contributed by atoms with E-state index in [2.05, 4.69) is 39.0 Å². The number of hydrogen-bond acceptors (Lipinski definition) is 2. The minimum atomic E-state index is -0.232. The van der Waals surface area contributed by atoms with Gasteiger partial charge in [0.15, 0.2) is 0 Å². The Kier molecular flexibility index (Phi) is 5.76. The minimum Gasteiger partial charge on any atom is -0.458 e. The lowest BCUT2D eigenvalue weighted by Crippen LogP contribution is -2.24. The Balaban J connectivity index is 1.99. The smallest absolute Gasteiger partial charge is 0.338 e. The summed E-state index contributed by atoms with van der Waals surface area (Å²) in [6, 6.07) is 17.6. The summed E-state index contributed by atoms with van der Waals surface area (Å²) in [4.78, 5) is 12.2. The van der Waals surface area contributed by atoms with E-state index in [1.165, 1.54) is 11.1 Å². The zero-order chi connectivity index (χ0) is 15.9. The van der Waals surface area contributed by atoms with Crippen molar-refractivity contribution >= 4 is 5.97 Å². The zero-order valence-corrected chi connectivity index (χ0v) is 13.6. The highest BCUT2D eigenvalue weighted by Crippen LogP contribution is 2.18. The summed E-state index contributed by atoms with van der Waals surface area (Å²) in [5.41, 5.74) is 3.23. The first kappa shape index (κ1) is 16.3. The fraction of sp³-hybridized carbons (Fsp3) is 0.350. The van der Waals surface area contributed by atoms with Crippen molar-refractivity contribution in [2.75, 3.05) is 0 Å². The third-order valence-corrected chi connectivity index (χ3v) is 3.97. The van der Waals surface area contributed by atoms with E-state index in [1.54, 1.807) is 12.1 Å². The van der Waals surface area contributed by atoms with Crippen LogP contribution in [0.4, 0.5) is 0 Å². The summed E-state index contributed by atoms with van der Waals surface area (Å²) in [6.07, 6.45) is 1.71. The second-order valence-corrected chi connectivity index (χ2v) is 6.02. The molecule has 0 aromatic heterocycles. The van der Waals surface area contributed by atoms with Gasteiger partial charge in [0.05, 0.1) is 5.56 Å². The Morgan fingerprint density at radius 1 is 1.00 bits per heavy atom. The Morgan fingerprint density at radius 3 is 2.27 bits per heavy atom. The van der Waals surface area contributed by atoms with Crippen molar-refractivity contribution in [2.24, 2.45) is 5.92 Å². The fourth-order valence-corrected chi connectivity index (χ4v) is 2.50. The maximum Gasteiger partial charge on any atom is 0.338 e. The first-order valence-electron chi connectivity index (χ1n) is 7.88. The van der Waals surface area contributed by atoms with Crippen molar-refractivity contribution in [1.82, 2.24) is 0 Å². The Hall–Kier alpha value is -2.09. The van der Waals surface area contributed by atoms with Crippen LogP contribution in [-0.4, -0.2) is 12.1 Å². The average Bonchev–Trinajstić information content (AvgIpc) is 2.53. The van der Waals surface area contributed by atoms with E-state index in [0.717, 1.165) is 12.8 Å². The van der Waals surface area contributed by atoms with Crippen LogP contribution < -0.4 is 0 Å². The molecule has 1 unspecified atom stereocenters. The van der Waals surface area contributed by atoms with Gasteiger partial charge in [0.2, 0.25) is 0 Å². The van der Waals surface area contributed by atoms with Gasteiger partial charge >= 0.3 is 5.97 Å². The van der Waals surface area contributed by atoms with Crippen LogP contribution >= 0.6 is 0 Å². The maximum atomic E-state index is 12.2. The van der Waals surface area contributed by atoms with Gasteiger partial charge in [-0.25, -0.2) is 4.79 Å². The second-order valence-electron chi connectivity index (χ2n) is 6.02. The molecule has 0 spiro atoms. The molecule has 0 bridgehead atoms. The van der Waals surface area contributed by atoms with Crippen molar-refractivity contribution in [2.45, 2.75) is 39.7 Å². The van der Waals surface area contributed by atoms with E-state index in [1.807, 2.05) is 24.3 Å². The van der Waals surface area contributed by atoms with E-state index in [9.17, 15) is 4.79 Å². The molecule has 0 saturated heterocycles. The molecule has 0 fully saturated rings. The van der Waals surface area contributed by atoms with Crippen molar-refractivity contribution < 1.29 is 9.53 Å². The number of carbonyl (C=O) groups excluding carboxylic acids is 1. The van der Waals surface area contributed by atoms with E-state index >= 15 is 0 Å². The van der Waals surface area contributed by atoms with Crippen LogP contribution in [-0.2, 0) is 11.2 Å². The predicted octanol–water partition coefficient (Wildman–Crippen LogP) is 4.81. The molecule has 0 aliphatic heterocycles. The van der Waals surface area contributed by atoms with Crippen LogP contribution in [0.2, 0.25) is 0 Å². The van der Waals surface area contributed by atoms with Crippen LogP contribution in [0.3, 0.4) is 0 Å². The lowest BCUT2D eigenvalue weighted by atomic mass is 9.97. The minimum absolute atomic E-state index is 0.0627. The molecule has 116 valence electrons. The molecule has 2 aromatic carbocycles. The lowest BCUT2D eigenvalue weighted by molar-refractivity contribution is 0.0160. The molecule has 0 amide bonds. The van der Waals surface area contributed by atoms with Crippen molar-refractivity contribution in [3.05, 3.63) is 71.3 Å². The molecule has 0 N–H and O–H groups in total. The molecular weight excluding hydrogens is 272 g/mol. The van der Waals surface area contributed by atoms with Gasteiger partial charge in [-0.15, -0.1) is 0 Å². The number of aryl methyl sites for hydroxylation is 2. The summed E-state index contributed by atoms with van der Waals surface area (Å²) in [6.45, 7) is 6.32.